The lowest BCUT2D eigenvalue weighted by molar-refractivity contribution is 0.299. The first-order valence-corrected chi connectivity index (χ1v) is 7.13. The van der Waals surface area contributed by atoms with Crippen LogP contribution >= 0.6 is 12.2 Å². The van der Waals surface area contributed by atoms with E-state index in [1.807, 2.05) is 53.1 Å². The molecule has 0 radical (unpaired) electrons. The molecule has 1 N–H and O–H groups in total. The van der Waals surface area contributed by atoms with Gasteiger partial charge in [0.2, 0.25) is 0 Å². The normalized spacial score (nSPS) is 10.7. The number of ether oxygens (including phenoxy) is 2. The van der Waals surface area contributed by atoms with Crippen molar-refractivity contribution in [3.05, 3.63) is 53.3 Å². The first-order valence-electron chi connectivity index (χ1n) is 6.72. The van der Waals surface area contributed by atoms with Gasteiger partial charge in [0.25, 0.3) is 0 Å². The van der Waals surface area contributed by atoms with E-state index in [0.717, 1.165) is 22.5 Å². The predicted octanol–water partition coefficient (Wildman–Crippen LogP) is 3.79. The van der Waals surface area contributed by atoms with E-state index in [4.69, 9.17) is 21.7 Å². The fourth-order valence-electron chi connectivity index (χ4n) is 2.26. The summed E-state index contributed by atoms with van der Waals surface area (Å²) in [5.41, 5.74) is 2.02. The van der Waals surface area contributed by atoms with Gasteiger partial charge in [0, 0.05) is 6.07 Å². The largest absolute Gasteiger partial charge is 0.497 e. The molecule has 0 amide bonds. The Labute approximate surface area is 127 Å². The third-order valence-corrected chi connectivity index (χ3v) is 3.63. The van der Waals surface area contributed by atoms with Crippen molar-refractivity contribution in [2.75, 3.05) is 13.7 Å². The molecule has 0 aliphatic rings. The molecule has 0 fully saturated rings. The highest BCUT2D eigenvalue weighted by Gasteiger charge is 2.05. The van der Waals surface area contributed by atoms with Crippen molar-refractivity contribution in [1.82, 2.24) is 9.55 Å². The number of nitrogens with one attached hydrogen (secondary N) is 1. The van der Waals surface area contributed by atoms with Gasteiger partial charge in [-0.25, -0.2) is 0 Å². The van der Waals surface area contributed by atoms with Gasteiger partial charge in [-0.15, -0.1) is 0 Å². The average Bonchev–Trinajstić information content (AvgIpc) is 2.83. The van der Waals surface area contributed by atoms with Gasteiger partial charge in [0.05, 0.1) is 24.7 Å². The number of hydrogen-bond donors (Lipinski definition) is 1. The van der Waals surface area contributed by atoms with Crippen LogP contribution in [-0.2, 0) is 6.54 Å². The summed E-state index contributed by atoms with van der Waals surface area (Å²) in [5, 5.41) is 0. The predicted molar refractivity (Wildman–Crippen MR) is 85.6 cm³/mol. The molecule has 0 aliphatic heterocycles. The molecular weight excluding hydrogens is 284 g/mol. The van der Waals surface area contributed by atoms with Gasteiger partial charge in [-0.1, -0.05) is 18.2 Å². The Kier molecular flexibility index (Phi) is 3.92. The van der Waals surface area contributed by atoms with Crippen LogP contribution in [-0.4, -0.2) is 23.3 Å². The highest BCUT2D eigenvalue weighted by Crippen LogP contribution is 2.20. The molecule has 0 bridgehead atoms. The number of benzene rings is 2. The van der Waals surface area contributed by atoms with Crippen molar-refractivity contribution in [2.45, 2.75) is 6.54 Å². The van der Waals surface area contributed by atoms with Crippen molar-refractivity contribution in [3.8, 4) is 11.5 Å². The number of nitrogens with zero attached hydrogens (tertiary/aromatic N) is 1. The van der Waals surface area contributed by atoms with Gasteiger partial charge < -0.3 is 19.0 Å². The number of rotatable bonds is 5. The van der Waals surface area contributed by atoms with Crippen molar-refractivity contribution in [2.24, 2.45) is 0 Å². The highest BCUT2D eigenvalue weighted by molar-refractivity contribution is 7.71. The fourth-order valence-corrected chi connectivity index (χ4v) is 2.56. The Morgan fingerprint density at radius 1 is 1.10 bits per heavy atom. The number of hydrogen-bond acceptors (Lipinski definition) is 3. The summed E-state index contributed by atoms with van der Waals surface area (Å²) in [6.45, 7) is 1.26. The van der Waals surface area contributed by atoms with Crippen molar-refractivity contribution in [3.63, 3.8) is 0 Å². The molecule has 0 spiro atoms. The molecule has 0 aliphatic carbocycles. The summed E-state index contributed by atoms with van der Waals surface area (Å²) in [4.78, 5) is 3.19. The Bertz CT molecular complexity index is 793. The maximum atomic E-state index is 5.72. The fraction of sp³-hybridized carbons (Fsp3) is 0.188. The molecule has 0 atom stereocenters. The number of methoxy groups -OCH3 is 1. The van der Waals surface area contributed by atoms with Crippen LogP contribution in [0, 0.1) is 4.77 Å². The van der Waals surface area contributed by atoms with Crippen molar-refractivity contribution in [1.29, 1.82) is 0 Å². The summed E-state index contributed by atoms with van der Waals surface area (Å²) >= 11 is 5.37. The number of imidazole rings is 1. The lowest BCUT2D eigenvalue weighted by Gasteiger charge is -2.08. The third-order valence-electron chi connectivity index (χ3n) is 3.31. The molecule has 4 nitrogen and oxygen atoms in total. The molecule has 3 rings (SSSR count). The lowest BCUT2D eigenvalue weighted by Crippen LogP contribution is -2.08. The molecule has 0 saturated heterocycles. The molecule has 0 saturated carbocycles. The Morgan fingerprint density at radius 3 is 2.67 bits per heavy atom. The van der Waals surface area contributed by atoms with Gasteiger partial charge in [-0.3, -0.25) is 0 Å². The quantitative estimate of drug-likeness (QED) is 0.729. The van der Waals surface area contributed by atoms with E-state index in [0.29, 0.717) is 17.9 Å². The third kappa shape index (κ3) is 2.92. The number of H-pyrrole nitrogens is 1. The van der Waals surface area contributed by atoms with Gasteiger partial charge in [-0.2, -0.15) is 0 Å². The van der Waals surface area contributed by atoms with Gasteiger partial charge in [-0.05, 0) is 36.5 Å². The van der Waals surface area contributed by atoms with Crippen LogP contribution in [0.4, 0.5) is 0 Å². The summed E-state index contributed by atoms with van der Waals surface area (Å²) in [6, 6.07) is 15.6. The lowest BCUT2D eigenvalue weighted by atomic mass is 10.3. The molecular formula is C16H16N2O2S. The van der Waals surface area contributed by atoms with Gasteiger partial charge >= 0.3 is 0 Å². The minimum absolute atomic E-state index is 0.567. The second kappa shape index (κ2) is 6.01. The monoisotopic (exact) mass is 300 g/mol. The summed E-state index contributed by atoms with van der Waals surface area (Å²) in [6.07, 6.45) is 0. The van der Waals surface area contributed by atoms with E-state index >= 15 is 0 Å². The number of aromatic nitrogens is 2. The zero-order valence-electron chi connectivity index (χ0n) is 11.7. The minimum Gasteiger partial charge on any atom is -0.497 e. The van der Waals surface area contributed by atoms with E-state index in [1.165, 1.54) is 0 Å². The molecule has 5 heteroatoms. The topological polar surface area (TPSA) is 39.2 Å². The minimum atomic E-state index is 0.567. The maximum absolute atomic E-state index is 5.72. The summed E-state index contributed by atoms with van der Waals surface area (Å²) in [7, 11) is 1.65. The number of aromatic amines is 1. The van der Waals surface area contributed by atoms with Crippen LogP contribution in [0.15, 0.2) is 48.5 Å². The number of para-hydroxylation sites is 1. The average molecular weight is 300 g/mol. The van der Waals surface area contributed by atoms with E-state index in [1.54, 1.807) is 7.11 Å². The maximum Gasteiger partial charge on any atom is 0.178 e. The Morgan fingerprint density at radius 2 is 1.90 bits per heavy atom. The standard InChI is InChI=1S/C16H16N2O2S/c1-19-13-7-8-15-14(11-13)17-16(21)18(15)9-10-20-12-5-3-2-4-6-12/h2-8,11H,9-10H2,1H3,(H,17,21). The van der Waals surface area contributed by atoms with Crippen LogP contribution in [0.5, 0.6) is 11.5 Å². The molecule has 21 heavy (non-hydrogen) atoms. The second-order valence-electron chi connectivity index (χ2n) is 4.63. The smallest absolute Gasteiger partial charge is 0.178 e. The van der Waals surface area contributed by atoms with Crippen LogP contribution in [0.25, 0.3) is 11.0 Å². The molecule has 2 aromatic carbocycles. The van der Waals surface area contributed by atoms with Gasteiger partial charge in [0.15, 0.2) is 4.77 Å². The molecule has 1 heterocycles. The summed E-state index contributed by atoms with van der Waals surface area (Å²) in [5.74, 6) is 1.68. The van der Waals surface area contributed by atoms with Crippen LogP contribution in [0.2, 0.25) is 0 Å². The Hall–Kier alpha value is -2.27. The van der Waals surface area contributed by atoms with E-state index in [-0.39, 0.29) is 0 Å². The number of fused-ring (bicyclic) bond motifs is 1. The van der Waals surface area contributed by atoms with E-state index < -0.39 is 0 Å². The van der Waals surface area contributed by atoms with Crippen LogP contribution in [0.3, 0.4) is 0 Å². The summed E-state index contributed by atoms with van der Waals surface area (Å²) < 4.78 is 13.7. The van der Waals surface area contributed by atoms with E-state index in [2.05, 4.69) is 4.98 Å². The highest BCUT2D eigenvalue weighted by atomic mass is 32.1. The van der Waals surface area contributed by atoms with Gasteiger partial charge in [0.1, 0.15) is 18.1 Å². The van der Waals surface area contributed by atoms with Crippen LogP contribution < -0.4 is 9.47 Å². The second-order valence-corrected chi connectivity index (χ2v) is 5.01. The zero-order chi connectivity index (χ0) is 14.7. The van der Waals surface area contributed by atoms with E-state index in [9.17, 15) is 0 Å². The Balaban J connectivity index is 1.77. The molecule has 3 aromatic rings. The molecule has 1 aromatic heterocycles. The van der Waals surface area contributed by atoms with Crippen LogP contribution in [0.1, 0.15) is 0 Å². The van der Waals surface area contributed by atoms with Crippen molar-refractivity contribution >= 4 is 23.3 Å². The first kappa shape index (κ1) is 13.7. The first-order chi connectivity index (χ1) is 10.3. The zero-order valence-corrected chi connectivity index (χ0v) is 12.5. The molecule has 0 unspecified atom stereocenters. The van der Waals surface area contributed by atoms with Crippen molar-refractivity contribution < 1.29 is 9.47 Å². The SMILES string of the molecule is COc1ccc2c(c1)[nH]c(=S)n2CCOc1ccccc1. The molecule has 108 valence electrons.